The molecule has 146 valence electrons. The maximum Gasteiger partial charge on any atom is 0.224 e. The van der Waals surface area contributed by atoms with E-state index in [4.69, 9.17) is 0 Å². The molecule has 1 N–H and O–H groups in total. The van der Waals surface area contributed by atoms with Gasteiger partial charge in [-0.1, -0.05) is 29.8 Å². The van der Waals surface area contributed by atoms with E-state index in [2.05, 4.69) is 29.6 Å². The van der Waals surface area contributed by atoms with E-state index in [1.54, 1.807) is 4.90 Å². The molecule has 2 aliphatic rings. The summed E-state index contributed by atoms with van der Waals surface area (Å²) in [6.45, 7) is 5.92. The monoisotopic (exact) mass is 371 g/mol. The number of aryl methyl sites for hydroxylation is 1. The molecule has 27 heavy (non-hydrogen) atoms. The molecule has 3 rings (SSSR count). The van der Waals surface area contributed by atoms with Gasteiger partial charge in [0.05, 0.1) is 6.04 Å². The predicted molar refractivity (Wildman–Crippen MR) is 103 cm³/mol. The topological polar surface area (TPSA) is 69.7 Å². The molecule has 0 aliphatic carbocycles. The van der Waals surface area contributed by atoms with Crippen molar-refractivity contribution in [1.29, 1.82) is 0 Å². The Balaban J connectivity index is 1.63. The molecule has 0 aromatic heterocycles. The first kappa shape index (κ1) is 19.4. The molecule has 6 heteroatoms. The summed E-state index contributed by atoms with van der Waals surface area (Å²) in [4.78, 5) is 39.9. The Morgan fingerprint density at radius 3 is 2.56 bits per heavy atom. The quantitative estimate of drug-likeness (QED) is 0.858. The zero-order chi connectivity index (χ0) is 19.4. The molecule has 0 bridgehead atoms. The van der Waals surface area contributed by atoms with E-state index in [1.807, 2.05) is 11.8 Å². The molecule has 0 unspecified atom stereocenters. The number of carbonyl (C=O) groups is 3. The lowest BCUT2D eigenvalue weighted by atomic mass is 9.93. The van der Waals surface area contributed by atoms with Crippen molar-refractivity contribution in [3.63, 3.8) is 0 Å². The number of amides is 3. The Morgan fingerprint density at radius 1 is 1.15 bits per heavy atom. The Morgan fingerprint density at radius 2 is 1.89 bits per heavy atom. The third-order valence-corrected chi connectivity index (χ3v) is 5.58. The van der Waals surface area contributed by atoms with Crippen molar-refractivity contribution in [3.8, 4) is 0 Å². The van der Waals surface area contributed by atoms with E-state index in [-0.39, 0.29) is 29.7 Å². The third-order valence-electron chi connectivity index (χ3n) is 5.58. The molecule has 6 nitrogen and oxygen atoms in total. The van der Waals surface area contributed by atoms with Gasteiger partial charge in [-0.3, -0.25) is 14.4 Å². The maximum absolute atomic E-state index is 12.7. The lowest BCUT2D eigenvalue weighted by Gasteiger charge is -2.27. The summed E-state index contributed by atoms with van der Waals surface area (Å²) >= 11 is 0. The third kappa shape index (κ3) is 4.87. The van der Waals surface area contributed by atoms with Crippen molar-refractivity contribution in [2.75, 3.05) is 26.2 Å². The number of benzene rings is 1. The van der Waals surface area contributed by atoms with Gasteiger partial charge in [0, 0.05) is 51.9 Å². The lowest BCUT2D eigenvalue weighted by Crippen LogP contribution is -2.40. The highest BCUT2D eigenvalue weighted by Gasteiger charge is 2.36. The van der Waals surface area contributed by atoms with Crippen molar-refractivity contribution < 1.29 is 14.4 Å². The van der Waals surface area contributed by atoms with Crippen LogP contribution in [0, 0.1) is 6.92 Å². The fourth-order valence-corrected chi connectivity index (χ4v) is 4.05. The van der Waals surface area contributed by atoms with E-state index >= 15 is 0 Å². The molecule has 1 aromatic carbocycles. The van der Waals surface area contributed by atoms with Gasteiger partial charge in [0.15, 0.2) is 0 Å². The smallest absolute Gasteiger partial charge is 0.224 e. The standard InChI is InChI=1S/C21H29N3O3/c1-15-6-8-17(9-7-15)18-13-24(14-19(18)22-16(2)25)21(27)10-12-23-11-4-3-5-20(23)26/h6-9,18-19H,3-5,10-14H2,1-2H3,(H,22,25)/t18-,19+/m0/s1. The summed E-state index contributed by atoms with van der Waals surface area (Å²) in [6, 6.07) is 8.20. The summed E-state index contributed by atoms with van der Waals surface area (Å²) in [5.74, 6) is 0.225. The second-order valence-electron chi connectivity index (χ2n) is 7.71. The molecule has 2 atom stereocenters. The summed E-state index contributed by atoms with van der Waals surface area (Å²) in [7, 11) is 0. The van der Waals surface area contributed by atoms with Gasteiger partial charge in [-0.2, -0.15) is 0 Å². The predicted octanol–water partition coefficient (Wildman–Crippen LogP) is 1.83. The largest absolute Gasteiger partial charge is 0.351 e. The number of nitrogens with zero attached hydrogens (tertiary/aromatic N) is 2. The van der Waals surface area contributed by atoms with Crippen LogP contribution in [0.15, 0.2) is 24.3 Å². The van der Waals surface area contributed by atoms with Crippen LogP contribution in [0.3, 0.4) is 0 Å². The molecule has 2 aliphatic heterocycles. The van der Waals surface area contributed by atoms with E-state index in [0.29, 0.717) is 32.5 Å². The van der Waals surface area contributed by atoms with E-state index < -0.39 is 0 Å². The first-order valence-corrected chi connectivity index (χ1v) is 9.83. The van der Waals surface area contributed by atoms with Crippen LogP contribution < -0.4 is 5.32 Å². The Bertz CT molecular complexity index is 701. The van der Waals surface area contributed by atoms with Crippen LogP contribution in [0.5, 0.6) is 0 Å². The molecule has 0 spiro atoms. The Kier molecular flexibility index (Phi) is 6.14. The van der Waals surface area contributed by atoms with Crippen LogP contribution in [0.25, 0.3) is 0 Å². The van der Waals surface area contributed by atoms with Crippen LogP contribution in [0.2, 0.25) is 0 Å². The molecule has 2 heterocycles. The van der Waals surface area contributed by atoms with Crippen LogP contribution in [-0.2, 0) is 14.4 Å². The van der Waals surface area contributed by atoms with E-state index in [0.717, 1.165) is 24.9 Å². The number of carbonyl (C=O) groups excluding carboxylic acids is 3. The number of hydrogen-bond acceptors (Lipinski definition) is 3. The Hall–Kier alpha value is -2.37. The minimum atomic E-state index is -0.0784. The highest BCUT2D eigenvalue weighted by atomic mass is 16.2. The normalized spacial score (nSPS) is 22.8. The number of hydrogen-bond donors (Lipinski definition) is 1. The summed E-state index contributed by atoms with van der Waals surface area (Å²) in [5.41, 5.74) is 2.33. The van der Waals surface area contributed by atoms with Gasteiger partial charge >= 0.3 is 0 Å². The van der Waals surface area contributed by atoms with Crippen molar-refractivity contribution in [2.45, 2.75) is 51.5 Å². The molecule has 2 fully saturated rings. The van der Waals surface area contributed by atoms with Crippen molar-refractivity contribution in [1.82, 2.24) is 15.1 Å². The first-order valence-electron chi connectivity index (χ1n) is 9.83. The number of rotatable bonds is 5. The second kappa shape index (κ2) is 8.55. The maximum atomic E-state index is 12.7. The average Bonchev–Trinajstić information content (AvgIpc) is 3.04. The molecule has 2 saturated heterocycles. The number of nitrogens with one attached hydrogen (secondary N) is 1. The van der Waals surface area contributed by atoms with Gasteiger partial charge in [-0.15, -0.1) is 0 Å². The SMILES string of the molecule is CC(=O)N[C@@H]1CN(C(=O)CCN2CCCCC2=O)C[C@H]1c1ccc(C)cc1. The van der Waals surface area contributed by atoms with Crippen LogP contribution in [-0.4, -0.2) is 59.7 Å². The molecule has 1 aromatic rings. The fraction of sp³-hybridized carbons (Fsp3) is 0.571. The van der Waals surface area contributed by atoms with Crippen LogP contribution >= 0.6 is 0 Å². The fourth-order valence-electron chi connectivity index (χ4n) is 4.05. The highest BCUT2D eigenvalue weighted by Crippen LogP contribution is 2.28. The van der Waals surface area contributed by atoms with Crippen LogP contribution in [0.4, 0.5) is 0 Å². The van der Waals surface area contributed by atoms with Gasteiger partial charge in [0.2, 0.25) is 17.7 Å². The minimum absolute atomic E-state index is 0.0540. The van der Waals surface area contributed by atoms with Crippen molar-refractivity contribution in [2.24, 2.45) is 0 Å². The molecule has 0 saturated carbocycles. The molecular weight excluding hydrogens is 342 g/mol. The summed E-state index contributed by atoms with van der Waals surface area (Å²) < 4.78 is 0. The first-order chi connectivity index (χ1) is 12.9. The van der Waals surface area contributed by atoms with E-state index in [1.165, 1.54) is 12.5 Å². The zero-order valence-corrected chi connectivity index (χ0v) is 16.2. The Labute approximate surface area is 160 Å². The van der Waals surface area contributed by atoms with Gasteiger partial charge in [-0.05, 0) is 25.3 Å². The second-order valence-corrected chi connectivity index (χ2v) is 7.71. The molecule has 3 amide bonds. The lowest BCUT2D eigenvalue weighted by molar-refractivity contribution is -0.135. The molecular formula is C21H29N3O3. The van der Waals surface area contributed by atoms with Gasteiger partial charge in [-0.25, -0.2) is 0 Å². The zero-order valence-electron chi connectivity index (χ0n) is 16.2. The average molecular weight is 371 g/mol. The summed E-state index contributed by atoms with van der Waals surface area (Å²) in [6.07, 6.45) is 2.91. The summed E-state index contributed by atoms with van der Waals surface area (Å²) in [5, 5.41) is 3.00. The minimum Gasteiger partial charge on any atom is -0.351 e. The van der Waals surface area contributed by atoms with Crippen molar-refractivity contribution in [3.05, 3.63) is 35.4 Å². The van der Waals surface area contributed by atoms with Gasteiger partial charge in [0.1, 0.15) is 0 Å². The van der Waals surface area contributed by atoms with Gasteiger partial charge < -0.3 is 15.1 Å². The number of likely N-dealkylation sites (tertiary alicyclic amines) is 2. The molecule has 0 radical (unpaired) electrons. The number of piperidine rings is 1. The van der Waals surface area contributed by atoms with Crippen LogP contribution in [0.1, 0.15) is 49.7 Å². The van der Waals surface area contributed by atoms with E-state index in [9.17, 15) is 14.4 Å². The van der Waals surface area contributed by atoms with Gasteiger partial charge in [0.25, 0.3) is 0 Å². The van der Waals surface area contributed by atoms with Crippen molar-refractivity contribution >= 4 is 17.7 Å². The highest BCUT2D eigenvalue weighted by molar-refractivity contribution is 5.80.